The Balaban J connectivity index is 1.87. The summed E-state index contributed by atoms with van der Waals surface area (Å²) in [7, 11) is 0. The summed E-state index contributed by atoms with van der Waals surface area (Å²) in [6, 6.07) is -1.39. The quantitative estimate of drug-likeness (QED) is 0.0337. The van der Waals surface area contributed by atoms with Crippen LogP contribution < -0.4 is 5.32 Å². The fourth-order valence-corrected chi connectivity index (χ4v) is 9.78. The summed E-state index contributed by atoms with van der Waals surface area (Å²) in [6.07, 6.45) is 14.0. The van der Waals surface area contributed by atoms with Gasteiger partial charge in [-0.3, -0.25) is 4.79 Å². The van der Waals surface area contributed by atoms with E-state index in [1.165, 1.54) is 135 Å². The number of carbonyl (C=O) groups is 1. The maximum absolute atomic E-state index is 13.4. The Kier molecular flexibility index (Phi) is 38.2. The summed E-state index contributed by atoms with van der Waals surface area (Å²) in [4.78, 5) is 13.4. The minimum Gasteiger partial charge on any atom is -0.394 e. The average Bonchev–Trinajstić information content (AvgIpc) is 3.37. The standard InChI is InChI=1S/C54H105NO16/c1-3-5-7-9-11-13-15-17-18-19-20-21-22-23-25-27-29-31-33-35-41(59)45(61)52(67)55-39(44(60)40(58)34-32-30-28-26-24-16-14-12-10-8-6-4-2)38-68-53-50(66)48(64)51(43(37-57)70-53)71-54-49(65)47(63)46(62)42(36-56)69-54/h39-51,53-54,56-66H,3-38H2,1-2H3,(H,55,67)/t39?,40?,41?,42?,43?,44-,45?,46-,47?,48?,49?,50?,51+,53+,54-/m0/s1. The first-order valence-corrected chi connectivity index (χ1v) is 28.5. The molecule has 2 heterocycles. The van der Waals surface area contributed by atoms with Crippen molar-refractivity contribution in [2.24, 2.45) is 0 Å². The van der Waals surface area contributed by atoms with Gasteiger partial charge in [-0.05, 0) is 12.8 Å². The van der Waals surface area contributed by atoms with Gasteiger partial charge in [0.2, 0.25) is 0 Å². The van der Waals surface area contributed by atoms with Crippen LogP contribution in [-0.4, -0.2) is 174 Å². The largest absolute Gasteiger partial charge is 0.394 e. The molecule has 0 aromatic carbocycles. The van der Waals surface area contributed by atoms with Crippen LogP contribution in [0.15, 0.2) is 0 Å². The van der Waals surface area contributed by atoms with E-state index in [-0.39, 0.29) is 12.8 Å². The van der Waals surface area contributed by atoms with Crippen LogP contribution in [0.5, 0.6) is 0 Å². The molecule has 2 aliphatic heterocycles. The summed E-state index contributed by atoms with van der Waals surface area (Å²) in [5.41, 5.74) is 0. The first-order valence-electron chi connectivity index (χ1n) is 28.5. The molecule has 0 bridgehead atoms. The van der Waals surface area contributed by atoms with Gasteiger partial charge < -0.3 is 80.4 Å². The number of rotatable bonds is 45. The number of ether oxygens (including phenoxy) is 4. The number of hydrogen-bond acceptors (Lipinski definition) is 16. The van der Waals surface area contributed by atoms with Crippen LogP contribution in [-0.2, 0) is 23.7 Å². The molecule has 0 radical (unpaired) electrons. The minimum atomic E-state index is -1.89. The number of aliphatic hydroxyl groups excluding tert-OH is 11. The van der Waals surface area contributed by atoms with Gasteiger partial charge in [-0.15, -0.1) is 0 Å². The maximum atomic E-state index is 13.4. The van der Waals surface area contributed by atoms with Crippen molar-refractivity contribution in [2.75, 3.05) is 19.8 Å². The highest BCUT2D eigenvalue weighted by Gasteiger charge is 2.51. The lowest BCUT2D eigenvalue weighted by Crippen LogP contribution is -2.65. The number of unbranched alkanes of at least 4 members (excludes halogenated alkanes) is 29. The number of aliphatic hydroxyl groups is 11. The Morgan fingerprint density at radius 1 is 0.465 bits per heavy atom. The normalized spacial score (nSPS) is 27.1. The van der Waals surface area contributed by atoms with E-state index in [0.29, 0.717) is 12.8 Å². The second kappa shape index (κ2) is 41.1. The van der Waals surface area contributed by atoms with Gasteiger partial charge in [0.15, 0.2) is 18.7 Å². The van der Waals surface area contributed by atoms with E-state index >= 15 is 0 Å². The molecule has 422 valence electrons. The summed E-state index contributed by atoms with van der Waals surface area (Å²) in [5, 5.41) is 119. The van der Waals surface area contributed by atoms with Gasteiger partial charge in [-0.25, -0.2) is 0 Å². The third kappa shape index (κ3) is 27.0. The Labute approximate surface area is 427 Å². The summed E-state index contributed by atoms with van der Waals surface area (Å²) >= 11 is 0. The molecule has 1 amide bonds. The zero-order valence-corrected chi connectivity index (χ0v) is 44.1. The molecule has 10 unspecified atom stereocenters. The van der Waals surface area contributed by atoms with Gasteiger partial charge in [-0.2, -0.15) is 0 Å². The van der Waals surface area contributed by atoms with Gasteiger partial charge in [-0.1, -0.05) is 213 Å². The molecule has 0 saturated carbocycles. The van der Waals surface area contributed by atoms with Gasteiger partial charge in [0.25, 0.3) is 5.91 Å². The van der Waals surface area contributed by atoms with Crippen LogP contribution in [0.3, 0.4) is 0 Å². The number of amides is 1. The van der Waals surface area contributed by atoms with E-state index in [1.54, 1.807) is 0 Å². The highest BCUT2D eigenvalue weighted by atomic mass is 16.7. The number of carbonyl (C=O) groups excluding carboxylic acids is 1. The predicted octanol–water partition coefficient (Wildman–Crippen LogP) is 5.47. The van der Waals surface area contributed by atoms with Crippen molar-refractivity contribution in [1.82, 2.24) is 5.32 Å². The molecule has 0 aromatic heterocycles. The van der Waals surface area contributed by atoms with Crippen molar-refractivity contribution in [3.8, 4) is 0 Å². The van der Waals surface area contributed by atoms with Crippen LogP contribution in [0.1, 0.15) is 226 Å². The Morgan fingerprint density at radius 3 is 1.24 bits per heavy atom. The van der Waals surface area contributed by atoms with Crippen molar-refractivity contribution < 1.29 is 79.9 Å². The van der Waals surface area contributed by atoms with E-state index in [2.05, 4.69) is 19.2 Å². The molecule has 2 saturated heterocycles. The lowest BCUT2D eigenvalue weighted by Gasteiger charge is -2.46. The van der Waals surface area contributed by atoms with Gasteiger partial charge >= 0.3 is 0 Å². The molecule has 2 aliphatic rings. The van der Waals surface area contributed by atoms with Crippen molar-refractivity contribution in [2.45, 2.75) is 318 Å². The van der Waals surface area contributed by atoms with E-state index in [1.807, 2.05) is 0 Å². The Bertz CT molecular complexity index is 1250. The smallest absolute Gasteiger partial charge is 0.251 e. The molecule has 17 nitrogen and oxygen atoms in total. The van der Waals surface area contributed by atoms with Crippen molar-refractivity contribution in [3.63, 3.8) is 0 Å². The minimum absolute atomic E-state index is 0.174. The van der Waals surface area contributed by atoms with E-state index in [0.717, 1.165) is 51.4 Å². The number of nitrogens with one attached hydrogen (secondary N) is 1. The first kappa shape index (κ1) is 66.0. The molecule has 17 heteroatoms. The third-order valence-electron chi connectivity index (χ3n) is 14.6. The molecule has 15 atom stereocenters. The Hall–Kier alpha value is -1.13. The highest BCUT2D eigenvalue weighted by molar-refractivity contribution is 5.81. The zero-order chi connectivity index (χ0) is 52.2. The summed E-state index contributed by atoms with van der Waals surface area (Å²) < 4.78 is 22.5. The second-order valence-corrected chi connectivity index (χ2v) is 20.9. The summed E-state index contributed by atoms with van der Waals surface area (Å²) in [6.45, 7) is 2.29. The molecule has 12 N–H and O–H groups in total. The molecular weight excluding hydrogens is 919 g/mol. The van der Waals surface area contributed by atoms with Crippen molar-refractivity contribution in [1.29, 1.82) is 0 Å². The molecule has 2 rings (SSSR count). The van der Waals surface area contributed by atoms with Crippen LogP contribution >= 0.6 is 0 Å². The van der Waals surface area contributed by atoms with Gasteiger partial charge in [0, 0.05) is 0 Å². The van der Waals surface area contributed by atoms with Gasteiger partial charge in [0.05, 0.1) is 38.1 Å². The monoisotopic (exact) mass is 1020 g/mol. The fourth-order valence-electron chi connectivity index (χ4n) is 9.78. The molecular formula is C54H105NO16. The molecule has 0 aromatic rings. The number of hydrogen-bond donors (Lipinski definition) is 12. The lowest BCUT2D eigenvalue weighted by atomic mass is 9.97. The highest BCUT2D eigenvalue weighted by Crippen LogP contribution is 2.30. The topological polar surface area (TPSA) is 289 Å². The van der Waals surface area contributed by atoms with E-state index < -0.39 is 118 Å². The SMILES string of the molecule is CCCCCCCCCCCCCCCCCCCCCC(O)C(O)C(=O)NC(CO[C@@H]1OC(CO)[C@@H](O[C@@H]2OC(CO)[C@H](O)C(O)C2O)C(O)C1O)[C@H](O)C(O)CCCCCCCCCCCCCC. The fraction of sp³-hybridized carbons (Fsp3) is 0.981. The third-order valence-corrected chi connectivity index (χ3v) is 14.6. The van der Waals surface area contributed by atoms with E-state index in [4.69, 9.17) is 18.9 Å². The van der Waals surface area contributed by atoms with Crippen LogP contribution in [0, 0.1) is 0 Å². The van der Waals surface area contributed by atoms with E-state index in [9.17, 15) is 61.0 Å². The van der Waals surface area contributed by atoms with Crippen molar-refractivity contribution in [3.05, 3.63) is 0 Å². The average molecular weight is 1020 g/mol. The van der Waals surface area contributed by atoms with Crippen LogP contribution in [0.25, 0.3) is 0 Å². The molecule has 0 spiro atoms. The molecule has 71 heavy (non-hydrogen) atoms. The Morgan fingerprint density at radius 2 is 0.831 bits per heavy atom. The van der Waals surface area contributed by atoms with Gasteiger partial charge in [0.1, 0.15) is 54.9 Å². The van der Waals surface area contributed by atoms with Crippen LogP contribution in [0.4, 0.5) is 0 Å². The predicted molar refractivity (Wildman–Crippen MR) is 272 cm³/mol. The second-order valence-electron chi connectivity index (χ2n) is 20.9. The molecule has 0 aliphatic carbocycles. The maximum Gasteiger partial charge on any atom is 0.251 e. The zero-order valence-electron chi connectivity index (χ0n) is 44.1. The van der Waals surface area contributed by atoms with Crippen molar-refractivity contribution >= 4 is 5.91 Å². The molecule has 2 fully saturated rings. The summed E-state index contributed by atoms with van der Waals surface area (Å²) in [5.74, 6) is -1.01. The lowest BCUT2D eigenvalue weighted by molar-refractivity contribution is -0.359. The van der Waals surface area contributed by atoms with Crippen LogP contribution in [0.2, 0.25) is 0 Å². The first-order chi connectivity index (χ1) is 34.3.